The van der Waals surface area contributed by atoms with Gasteiger partial charge in [0.1, 0.15) is 54.8 Å². The molecule has 0 radical (unpaired) electrons. The first-order chi connectivity index (χ1) is 35.2. The number of phosphoric acid groups is 1. The van der Waals surface area contributed by atoms with Crippen LogP contribution in [-0.2, 0) is 79.9 Å². The molecule has 2 heterocycles. The van der Waals surface area contributed by atoms with Crippen molar-refractivity contribution in [1.82, 2.24) is 10.6 Å². The average molecular weight is 1070 g/mol. The highest BCUT2D eigenvalue weighted by Crippen LogP contribution is 2.53. The van der Waals surface area contributed by atoms with Crippen molar-refractivity contribution >= 4 is 25.6 Å². The van der Waals surface area contributed by atoms with Gasteiger partial charge in [-0.3, -0.25) is 28.0 Å². The van der Waals surface area contributed by atoms with Crippen LogP contribution in [-0.4, -0.2) is 157 Å². The number of amides is 2. The molecule has 2 rings (SSSR count). The molecule has 20 heteroatoms. The fourth-order valence-corrected chi connectivity index (χ4v) is 9.45. The number of nitrogens with one attached hydrogen (secondary N) is 2. The van der Waals surface area contributed by atoms with Crippen molar-refractivity contribution in [2.24, 2.45) is 0 Å². The molecule has 0 saturated carbocycles. The van der Waals surface area contributed by atoms with Crippen LogP contribution in [0.5, 0.6) is 0 Å². The molecule has 2 N–H and O–H groups in total. The van der Waals surface area contributed by atoms with Gasteiger partial charge >= 0.3 is 13.8 Å². The van der Waals surface area contributed by atoms with E-state index < -0.39 is 87.1 Å². The van der Waals surface area contributed by atoms with Gasteiger partial charge in [0.25, 0.3) is 0 Å². The summed E-state index contributed by atoms with van der Waals surface area (Å²) >= 11 is 0. The molecule has 2 aliphatic heterocycles. The summed E-state index contributed by atoms with van der Waals surface area (Å²) < 4.78 is 97.4. The van der Waals surface area contributed by atoms with Crippen molar-refractivity contribution in [2.45, 2.75) is 245 Å². The zero-order valence-electron chi connectivity index (χ0n) is 46.5. The Morgan fingerprint density at radius 2 is 1.00 bits per heavy atom. The predicted molar refractivity (Wildman–Crippen MR) is 278 cm³/mol. The van der Waals surface area contributed by atoms with E-state index in [1.807, 2.05) is 27.7 Å². The lowest BCUT2D eigenvalue weighted by Crippen LogP contribution is -2.68. The van der Waals surface area contributed by atoms with E-state index in [0.29, 0.717) is 45.7 Å². The van der Waals surface area contributed by atoms with Crippen LogP contribution in [0.1, 0.15) is 172 Å². The number of rotatable bonds is 44. The molecule has 0 aromatic rings. The molecule has 2 amide bonds. The molecule has 19 nitrogen and oxygen atoms in total. The number of hydrogen-bond acceptors (Lipinski definition) is 17. The number of carbonyl (C=O) groups is 3. The fraction of sp³-hybridized carbons (Fsp3) is 0.906. The maximum absolute atomic E-state index is 14.7. The van der Waals surface area contributed by atoms with Crippen LogP contribution in [0.15, 0.2) is 12.7 Å². The number of unbranched alkanes of at least 4 members (excludes halogenated alkanes) is 7. The fourth-order valence-electron chi connectivity index (χ4n) is 7.99. The van der Waals surface area contributed by atoms with E-state index in [1.165, 1.54) is 6.92 Å². The topological polar surface area (TPSA) is 212 Å². The van der Waals surface area contributed by atoms with Gasteiger partial charge in [0.15, 0.2) is 12.6 Å². The van der Waals surface area contributed by atoms with Crippen molar-refractivity contribution in [2.75, 3.05) is 66.1 Å². The molecule has 2 fully saturated rings. The summed E-state index contributed by atoms with van der Waals surface area (Å²) in [5, 5.41) is 6.22. The van der Waals surface area contributed by atoms with E-state index in [-0.39, 0.29) is 64.5 Å². The first kappa shape index (κ1) is 67.0. The lowest BCUT2D eigenvalue weighted by Gasteiger charge is -2.48. The number of phosphoric ester groups is 1. The quantitative estimate of drug-likeness (QED) is 0.0252. The average Bonchev–Trinajstić information content (AvgIpc) is 3.34. The van der Waals surface area contributed by atoms with Crippen molar-refractivity contribution < 1.29 is 79.9 Å². The second kappa shape index (κ2) is 40.2. The summed E-state index contributed by atoms with van der Waals surface area (Å²) in [6.45, 7) is 25.0. The third-order valence-electron chi connectivity index (χ3n) is 12.1. The van der Waals surface area contributed by atoms with Crippen LogP contribution < -0.4 is 10.6 Å². The first-order valence-corrected chi connectivity index (χ1v) is 29.2. The molecule has 0 spiro atoms. The zero-order chi connectivity index (χ0) is 53.9. The largest absolute Gasteiger partial charge is 0.475 e. The Morgan fingerprint density at radius 3 is 1.51 bits per heavy atom. The van der Waals surface area contributed by atoms with Crippen LogP contribution in [0.4, 0.5) is 0 Å². The Bertz CT molecular complexity index is 1500. The second-order valence-corrected chi connectivity index (χ2v) is 20.6. The number of carbonyl (C=O) groups excluding carboxylic acids is 3. The summed E-state index contributed by atoms with van der Waals surface area (Å²) in [5.74, 6) is -1.30. The SMILES string of the molecule is C=CCO[C@H]1OC(COC2OC(COCCCC)C(OP(=O)(OCCCC)OCCCC)[C@@H](OCCCC)[C@@H]2NC(=O)C[C@@H](C)OC(C)=O)C(OCCCC)[C@@H](OCCCC)[C@@H]1NC(=O)C[C@@H](C)OCCCC. The van der Waals surface area contributed by atoms with Crippen molar-refractivity contribution in [1.29, 1.82) is 0 Å². The molecule has 12 atom stereocenters. The third kappa shape index (κ3) is 26.7. The number of ether oxygens (including phenoxy) is 10. The first-order valence-electron chi connectivity index (χ1n) is 27.8. The third-order valence-corrected chi connectivity index (χ3v) is 13.6. The van der Waals surface area contributed by atoms with E-state index in [0.717, 1.165) is 70.6 Å². The Morgan fingerprint density at radius 1 is 0.562 bits per heavy atom. The summed E-state index contributed by atoms with van der Waals surface area (Å²) in [4.78, 5) is 39.8. The van der Waals surface area contributed by atoms with Gasteiger partial charge < -0.3 is 58.0 Å². The number of hydrogen-bond donors (Lipinski definition) is 2. The minimum Gasteiger partial charge on any atom is -0.462 e. The minimum atomic E-state index is -4.29. The summed E-state index contributed by atoms with van der Waals surface area (Å²) in [6, 6.07) is -1.92. The van der Waals surface area contributed by atoms with Crippen LogP contribution in [0, 0.1) is 0 Å². The summed E-state index contributed by atoms with van der Waals surface area (Å²) in [5.41, 5.74) is 0. The molecular weight excluding hydrogens is 968 g/mol. The van der Waals surface area contributed by atoms with Crippen LogP contribution >= 0.6 is 7.82 Å². The second-order valence-electron chi connectivity index (χ2n) is 19.0. The van der Waals surface area contributed by atoms with Gasteiger partial charge in [-0.1, -0.05) is 99.5 Å². The van der Waals surface area contributed by atoms with Crippen molar-refractivity contribution in [3.8, 4) is 0 Å². The van der Waals surface area contributed by atoms with E-state index >= 15 is 0 Å². The Hall–Kier alpha value is -2.10. The van der Waals surface area contributed by atoms with Gasteiger partial charge in [-0.05, 0) is 58.8 Å². The minimum absolute atomic E-state index is 0.0244. The normalized spacial score (nSPS) is 25.2. The maximum Gasteiger partial charge on any atom is 0.475 e. The van der Waals surface area contributed by atoms with Crippen LogP contribution in [0.25, 0.3) is 0 Å². The Balaban J connectivity index is 2.79. The number of esters is 1. The molecular formula is C53H99N2O17P. The predicted octanol–water partition coefficient (Wildman–Crippen LogP) is 9.06. The molecule has 0 aromatic carbocycles. The molecule has 2 saturated heterocycles. The standard InChI is InChI=1S/C53H99N2O17P/c1-12-20-28-60-37-42-49(72-73(59,67-33-25-17-6)68-34-26-18-7)51(64-32-24-16-5)47(55-45(58)36-40(10)69-41(11)56)53(70-42)66-38-43-48(62-30-22-14-3)50(63-31-23-15-4)46(52(71-43)65-27-19-8)54-44(57)35-39(9)61-29-21-13-2/h19,39-40,42-43,46-53H,8,12-18,20-38H2,1-7,9-11H3,(H,54,57)(H,55,58)/t39-,40-,42?,43?,46+,47+,48?,49?,50+,51+,52+,53?/m1/s1. The maximum atomic E-state index is 14.7. The summed E-state index contributed by atoms with van der Waals surface area (Å²) in [7, 11) is -4.29. The van der Waals surface area contributed by atoms with E-state index in [4.69, 9.17) is 60.9 Å². The summed E-state index contributed by atoms with van der Waals surface area (Å²) in [6.07, 6.45) is 3.40. The van der Waals surface area contributed by atoms with Gasteiger partial charge in [-0.2, -0.15) is 0 Å². The highest BCUT2D eigenvalue weighted by Gasteiger charge is 2.54. The monoisotopic (exact) mass is 1070 g/mol. The smallest absolute Gasteiger partial charge is 0.462 e. The van der Waals surface area contributed by atoms with Gasteiger partial charge in [-0.15, -0.1) is 6.58 Å². The Labute approximate surface area is 439 Å². The molecule has 5 unspecified atom stereocenters. The lowest BCUT2D eigenvalue weighted by molar-refractivity contribution is -0.311. The highest BCUT2D eigenvalue weighted by molar-refractivity contribution is 7.48. The Kier molecular flexibility index (Phi) is 36.9. The van der Waals surface area contributed by atoms with E-state index in [1.54, 1.807) is 13.0 Å². The molecule has 428 valence electrons. The van der Waals surface area contributed by atoms with Gasteiger partial charge in [0.05, 0.1) is 52.0 Å². The molecule has 2 aliphatic rings. The highest BCUT2D eigenvalue weighted by atomic mass is 31.2. The molecule has 0 bridgehead atoms. The molecule has 0 aromatic heterocycles. The van der Waals surface area contributed by atoms with E-state index in [9.17, 15) is 18.9 Å². The van der Waals surface area contributed by atoms with Gasteiger partial charge in [0, 0.05) is 40.0 Å². The van der Waals surface area contributed by atoms with Crippen molar-refractivity contribution in [3.63, 3.8) is 0 Å². The van der Waals surface area contributed by atoms with Gasteiger partial charge in [0.2, 0.25) is 11.8 Å². The van der Waals surface area contributed by atoms with Crippen molar-refractivity contribution in [3.05, 3.63) is 12.7 Å². The lowest BCUT2D eigenvalue weighted by atomic mass is 9.95. The van der Waals surface area contributed by atoms with Crippen LogP contribution in [0.3, 0.4) is 0 Å². The van der Waals surface area contributed by atoms with Gasteiger partial charge in [-0.25, -0.2) is 4.57 Å². The molecule has 0 aliphatic carbocycles. The zero-order valence-corrected chi connectivity index (χ0v) is 47.4. The molecule has 73 heavy (non-hydrogen) atoms. The van der Waals surface area contributed by atoms with Crippen LogP contribution in [0.2, 0.25) is 0 Å². The van der Waals surface area contributed by atoms with E-state index in [2.05, 4.69) is 44.9 Å².